The molecular formula is C7H7Cl2NO. The molecule has 60 valence electrons. The van der Waals surface area contributed by atoms with E-state index in [4.69, 9.17) is 27.9 Å². The van der Waals surface area contributed by atoms with Gasteiger partial charge < -0.3 is 4.74 Å². The van der Waals surface area contributed by atoms with Crippen molar-refractivity contribution < 1.29 is 4.74 Å². The molecule has 0 aromatic carbocycles. The fourth-order valence-electron chi connectivity index (χ4n) is 0.649. The molecule has 1 aromatic heterocycles. The van der Waals surface area contributed by atoms with Gasteiger partial charge in [0, 0.05) is 6.07 Å². The summed E-state index contributed by atoms with van der Waals surface area (Å²) in [6.07, 6.45) is 1.54. The molecule has 4 heteroatoms. The molecule has 0 aliphatic rings. The molecule has 0 saturated carbocycles. The second-order valence-electron chi connectivity index (χ2n) is 1.88. The summed E-state index contributed by atoms with van der Waals surface area (Å²) in [7, 11) is 0. The van der Waals surface area contributed by atoms with Crippen molar-refractivity contribution in [2.24, 2.45) is 0 Å². The Hall–Kier alpha value is -0.470. The van der Waals surface area contributed by atoms with Crippen molar-refractivity contribution in [2.75, 3.05) is 6.61 Å². The van der Waals surface area contributed by atoms with E-state index in [1.165, 1.54) is 6.20 Å². The summed E-state index contributed by atoms with van der Waals surface area (Å²) in [6.45, 7) is 2.49. The average molecular weight is 192 g/mol. The van der Waals surface area contributed by atoms with Crippen LogP contribution in [-0.2, 0) is 0 Å². The van der Waals surface area contributed by atoms with E-state index in [0.717, 1.165) is 0 Å². The number of ether oxygens (including phenoxy) is 1. The van der Waals surface area contributed by atoms with E-state index in [1.807, 2.05) is 6.92 Å². The highest BCUT2D eigenvalue weighted by molar-refractivity contribution is 6.41. The Kier molecular flexibility index (Phi) is 2.97. The minimum atomic E-state index is 0.301. The first-order valence-electron chi connectivity index (χ1n) is 3.18. The van der Waals surface area contributed by atoms with E-state index >= 15 is 0 Å². The van der Waals surface area contributed by atoms with Gasteiger partial charge in [0.1, 0.15) is 10.9 Å². The van der Waals surface area contributed by atoms with Crippen molar-refractivity contribution in [1.29, 1.82) is 0 Å². The lowest BCUT2D eigenvalue weighted by atomic mass is 10.4. The number of hydrogen-bond donors (Lipinski definition) is 0. The van der Waals surface area contributed by atoms with E-state index in [9.17, 15) is 0 Å². The fraction of sp³-hybridized carbons (Fsp3) is 0.286. The Morgan fingerprint density at radius 3 is 2.82 bits per heavy atom. The van der Waals surface area contributed by atoms with Crippen LogP contribution in [0, 0.1) is 0 Å². The zero-order valence-corrected chi connectivity index (χ0v) is 7.49. The number of aromatic nitrogens is 1. The Morgan fingerprint density at radius 1 is 1.55 bits per heavy atom. The molecule has 1 heterocycles. The van der Waals surface area contributed by atoms with Gasteiger partial charge in [-0.1, -0.05) is 23.2 Å². The van der Waals surface area contributed by atoms with E-state index < -0.39 is 0 Å². The summed E-state index contributed by atoms with van der Waals surface area (Å²) in [5, 5.41) is 0.715. The van der Waals surface area contributed by atoms with Crippen LogP contribution >= 0.6 is 23.2 Å². The topological polar surface area (TPSA) is 22.1 Å². The first kappa shape index (κ1) is 8.62. The summed E-state index contributed by atoms with van der Waals surface area (Å²) >= 11 is 11.3. The third-order valence-electron chi connectivity index (χ3n) is 1.08. The number of rotatable bonds is 2. The molecule has 2 nitrogen and oxygen atoms in total. The summed E-state index contributed by atoms with van der Waals surface area (Å²) in [4.78, 5) is 3.81. The smallest absolute Gasteiger partial charge is 0.147 e. The Bertz CT molecular complexity index is 252. The van der Waals surface area contributed by atoms with Crippen LogP contribution < -0.4 is 4.74 Å². The molecule has 0 saturated heterocycles. The van der Waals surface area contributed by atoms with Gasteiger partial charge in [-0.3, -0.25) is 0 Å². The lowest BCUT2D eigenvalue weighted by Gasteiger charge is -2.02. The number of pyridine rings is 1. The van der Waals surface area contributed by atoms with Crippen molar-refractivity contribution in [3.63, 3.8) is 0 Å². The molecule has 0 aliphatic carbocycles. The standard InChI is InChI=1S/C7H7Cl2NO/c1-2-11-5-3-6(8)7(9)10-4-5/h3-4H,2H2,1H3. The summed E-state index contributed by atoms with van der Waals surface area (Å²) in [6, 6.07) is 1.64. The molecule has 1 aromatic rings. The number of hydrogen-bond acceptors (Lipinski definition) is 2. The Labute approximate surface area is 75.1 Å². The van der Waals surface area contributed by atoms with Gasteiger partial charge in [-0.25, -0.2) is 4.98 Å². The van der Waals surface area contributed by atoms with Crippen LogP contribution in [0.3, 0.4) is 0 Å². The van der Waals surface area contributed by atoms with E-state index in [2.05, 4.69) is 4.98 Å². The zero-order valence-electron chi connectivity index (χ0n) is 5.97. The minimum Gasteiger partial charge on any atom is -0.492 e. The van der Waals surface area contributed by atoms with Crippen LogP contribution in [0.5, 0.6) is 5.75 Å². The molecule has 0 aliphatic heterocycles. The quantitative estimate of drug-likeness (QED) is 0.672. The van der Waals surface area contributed by atoms with E-state index in [-0.39, 0.29) is 0 Å². The van der Waals surface area contributed by atoms with Crippen molar-refractivity contribution in [3.8, 4) is 5.75 Å². The van der Waals surface area contributed by atoms with Gasteiger partial charge in [0.05, 0.1) is 17.8 Å². The van der Waals surface area contributed by atoms with Crippen LogP contribution in [-0.4, -0.2) is 11.6 Å². The van der Waals surface area contributed by atoms with Crippen LogP contribution in [0.4, 0.5) is 0 Å². The number of nitrogens with zero attached hydrogens (tertiary/aromatic N) is 1. The highest BCUT2D eigenvalue weighted by atomic mass is 35.5. The van der Waals surface area contributed by atoms with Crippen molar-refractivity contribution in [1.82, 2.24) is 4.98 Å². The van der Waals surface area contributed by atoms with Crippen LogP contribution in [0.25, 0.3) is 0 Å². The van der Waals surface area contributed by atoms with Gasteiger partial charge in [0.15, 0.2) is 0 Å². The molecule has 11 heavy (non-hydrogen) atoms. The molecule has 0 fully saturated rings. The average Bonchev–Trinajstić information content (AvgIpc) is 1.98. The van der Waals surface area contributed by atoms with Gasteiger partial charge in [-0.15, -0.1) is 0 Å². The van der Waals surface area contributed by atoms with Gasteiger partial charge in [-0.05, 0) is 6.92 Å². The molecule has 0 N–H and O–H groups in total. The maximum atomic E-state index is 5.68. The SMILES string of the molecule is CCOc1cnc(Cl)c(Cl)c1. The first-order chi connectivity index (χ1) is 5.24. The normalized spacial score (nSPS) is 9.73. The second-order valence-corrected chi connectivity index (χ2v) is 2.64. The molecule has 0 spiro atoms. The highest BCUT2D eigenvalue weighted by Gasteiger charge is 1.99. The third-order valence-corrected chi connectivity index (χ3v) is 1.77. The molecular weight excluding hydrogens is 185 g/mol. The summed E-state index contributed by atoms with van der Waals surface area (Å²) in [5.41, 5.74) is 0. The van der Waals surface area contributed by atoms with E-state index in [1.54, 1.807) is 6.07 Å². The third kappa shape index (κ3) is 2.24. The van der Waals surface area contributed by atoms with E-state index in [0.29, 0.717) is 22.5 Å². The summed E-state index contributed by atoms with van der Waals surface area (Å²) in [5.74, 6) is 0.641. The minimum absolute atomic E-state index is 0.301. The van der Waals surface area contributed by atoms with Crippen LogP contribution in [0.2, 0.25) is 10.2 Å². The summed E-state index contributed by atoms with van der Waals surface area (Å²) < 4.78 is 5.14. The van der Waals surface area contributed by atoms with Crippen LogP contribution in [0.1, 0.15) is 6.92 Å². The second kappa shape index (κ2) is 3.79. The van der Waals surface area contributed by atoms with Gasteiger partial charge in [0.2, 0.25) is 0 Å². The van der Waals surface area contributed by atoms with Gasteiger partial charge >= 0.3 is 0 Å². The van der Waals surface area contributed by atoms with Crippen molar-refractivity contribution in [2.45, 2.75) is 6.92 Å². The fourth-order valence-corrected chi connectivity index (χ4v) is 0.909. The largest absolute Gasteiger partial charge is 0.492 e. The Morgan fingerprint density at radius 2 is 2.27 bits per heavy atom. The molecule has 0 unspecified atom stereocenters. The zero-order chi connectivity index (χ0) is 8.27. The van der Waals surface area contributed by atoms with Crippen molar-refractivity contribution >= 4 is 23.2 Å². The first-order valence-corrected chi connectivity index (χ1v) is 3.93. The highest BCUT2D eigenvalue weighted by Crippen LogP contribution is 2.23. The molecule has 0 radical (unpaired) electrons. The Balaban J connectivity index is 2.86. The maximum Gasteiger partial charge on any atom is 0.147 e. The molecule has 0 bridgehead atoms. The van der Waals surface area contributed by atoms with Crippen LogP contribution in [0.15, 0.2) is 12.3 Å². The molecule has 0 atom stereocenters. The molecule has 1 rings (SSSR count). The predicted octanol–water partition coefficient (Wildman–Crippen LogP) is 2.79. The van der Waals surface area contributed by atoms with Gasteiger partial charge in [-0.2, -0.15) is 0 Å². The lowest BCUT2D eigenvalue weighted by Crippen LogP contribution is -1.91. The predicted molar refractivity (Wildman–Crippen MR) is 45.4 cm³/mol. The maximum absolute atomic E-state index is 5.68. The van der Waals surface area contributed by atoms with Crippen molar-refractivity contribution in [3.05, 3.63) is 22.4 Å². The lowest BCUT2D eigenvalue weighted by molar-refractivity contribution is 0.339. The monoisotopic (exact) mass is 191 g/mol. The molecule has 0 amide bonds. The number of halogens is 2. The van der Waals surface area contributed by atoms with Gasteiger partial charge in [0.25, 0.3) is 0 Å².